The van der Waals surface area contributed by atoms with Crippen LogP contribution >= 0.6 is 11.6 Å². The molecule has 0 spiro atoms. The minimum absolute atomic E-state index is 0.115. The quantitative estimate of drug-likeness (QED) is 0.797. The number of nitrogens with zero attached hydrogens (tertiary/aromatic N) is 2. The summed E-state index contributed by atoms with van der Waals surface area (Å²) in [4.78, 5) is 0. The van der Waals surface area contributed by atoms with Crippen molar-refractivity contribution in [2.45, 2.75) is 19.5 Å². The van der Waals surface area contributed by atoms with Crippen molar-refractivity contribution in [1.29, 1.82) is 0 Å². The highest BCUT2D eigenvalue weighted by molar-refractivity contribution is 6.31. The molecule has 4 heteroatoms. The summed E-state index contributed by atoms with van der Waals surface area (Å²) in [5.41, 5.74) is 8.45. The zero-order valence-electron chi connectivity index (χ0n) is 11.3. The van der Waals surface area contributed by atoms with Crippen LogP contribution in [-0.4, -0.2) is 9.78 Å². The molecule has 0 radical (unpaired) electrons. The second-order valence-corrected chi connectivity index (χ2v) is 5.34. The molecule has 20 heavy (non-hydrogen) atoms. The lowest BCUT2D eigenvalue weighted by atomic mass is 9.99. The van der Waals surface area contributed by atoms with Crippen LogP contribution < -0.4 is 5.73 Å². The predicted octanol–water partition coefficient (Wildman–Crippen LogP) is 3.70. The van der Waals surface area contributed by atoms with Gasteiger partial charge in [0.05, 0.1) is 29.5 Å². The largest absolute Gasteiger partial charge is 0.322 e. The van der Waals surface area contributed by atoms with Crippen molar-refractivity contribution < 1.29 is 0 Å². The Kier molecular flexibility index (Phi) is 3.47. The van der Waals surface area contributed by atoms with E-state index < -0.39 is 0 Å². The summed E-state index contributed by atoms with van der Waals surface area (Å²) in [5, 5.41) is 7.34. The van der Waals surface area contributed by atoms with Gasteiger partial charge < -0.3 is 5.73 Å². The first-order valence-electron chi connectivity index (χ1n) is 6.58. The van der Waals surface area contributed by atoms with Crippen molar-refractivity contribution >= 4 is 22.4 Å². The monoisotopic (exact) mass is 285 g/mol. The molecule has 102 valence electrons. The van der Waals surface area contributed by atoms with Gasteiger partial charge in [0.1, 0.15) is 0 Å². The average molecular weight is 286 g/mol. The molecule has 3 nitrogen and oxygen atoms in total. The molecule has 0 bridgehead atoms. The van der Waals surface area contributed by atoms with Crippen LogP contribution in [0.3, 0.4) is 0 Å². The normalized spacial score (nSPS) is 12.8. The average Bonchev–Trinajstić information content (AvgIpc) is 2.78. The molecule has 1 heterocycles. The van der Waals surface area contributed by atoms with Crippen molar-refractivity contribution in [3.05, 3.63) is 64.9 Å². The molecule has 0 aliphatic rings. The molecule has 0 saturated heterocycles. The molecule has 1 aromatic heterocycles. The van der Waals surface area contributed by atoms with Crippen molar-refractivity contribution in [2.75, 3.05) is 0 Å². The van der Waals surface area contributed by atoms with E-state index in [0.29, 0.717) is 11.6 Å². The maximum atomic E-state index is 6.37. The molecule has 3 aromatic rings. The zero-order chi connectivity index (χ0) is 14.1. The summed E-state index contributed by atoms with van der Waals surface area (Å²) in [6, 6.07) is 14.4. The highest BCUT2D eigenvalue weighted by Gasteiger charge is 2.13. The van der Waals surface area contributed by atoms with E-state index in [1.54, 1.807) is 6.20 Å². The summed E-state index contributed by atoms with van der Waals surface area (Å²) in [6.07, 6.45) is 1.66. The maximum Gasteiger partial charge on any atom is 0.0814 e. The van der Waals surface area contributed by atoms with Crippen LogP contribution in [0.25, 0.3) is 10.8 Å². The number of halogens is 1. The van der Waals surface area contributed by atoms with Gasteiger partial charge in [-0.2, -0.15) is 5.10 Å². The van der Waals surface area contributed by atoms with Crippen molar-refractivity contribution in [3.8, 4) is 0 Å². The number of hydrogen-bond donors (Lipinski definition) is 1. The summed E-state index contributed by atoms with van der Waals surface area (Å²) in [7, 11) is 0. The van der Waals surface area contributed by atoms with E-state index in [9.17, 15) is 0 Å². The van der Waals surface area contributed by atoms with Crippen LogP contribution in [0.5, 0.6) is 0 Å². The second kappa shape index (κ2) is 5.27. The molecule has 1 atom stereocenters. The van der Waals surface area contributed by atoms with Gasteiger partial charge in [0.15, 0.2) is 0 Å². The lowest BCUT2D eigenvalue weighted by Crippen LogP contribution is -2.19. The molecule has 2 aromatic carbocycles. The van der Waals surface area contributed by atoms with Gasteiger partial charge >= 0.3 is 0 Å². The number of aromatic nitrogens is 2. The highest BCUT2D eigenvalue weighted by Crippen LogP contribution is 2.24. The van der Waals surface area contributed by atoms with Gasteiger partial charge in [0.25, 0.3) is 0 Å². The Morgan fingerprint density at radius 3 is 2.70 bits per heavy atom. The van der Waals surface area contributed by atoms with Gasteiger partial charge in [0.2, 0.25) is 0 Å². The molecule has 3 rings (SSSR count). The van der Waals surface area contributed by atoms with Crippen LogP contribution in [0.2, 0.25) is 5.02 Å². The minimum atomic E-state index is -0.115. The van der Waals surface area contributed by atoms with E-state index in [1.807, 2.05) is 29.8 Å². The SMILES string of the molecule is Cc1c(Cl)cnn1CC(N)c1cccc2ccccc12. The number of hydrogen-bond acceptors (Lipinski definition) is 2. The van der Waals surface area contributed by atoms with Crippen LogP contribution in [0.15, 0.2) is 48.7 Å². The lowest BCUT2D eigenvalue weighted by molar-refractivity contribution is 0.519. The molecule has 0 aliphatic heterocycles. The lowest BCUT2D eigenvalue weighted by Gasteiger charge is -2.16. The van der Waals surface area contributed by atoms with Gasteiger partial charge in [-0.05, 0) is 23.3 Å². The van der Waals surface area contributed by atoms with Crippen molar-refractivity contribution in [2.24, 2.45) is 5.73 Å². The number of rotatable bonds is 3. The predicted molar refractivity (Wildman–Crippen MR) is 82.9 cm³/mol. The summed E-state index contributed by atoms with van der Waals surface area (Å²) in [6.45, 7) is 2.57. The summed E-state index contributed by atoms with van der Waals surface area (Å²) < 4.78 is 1.86. The van der Waals surface area contributed by atoms with Gasteiger partial charge in [-0.25, -0.2) is 0 Å². The van der Waals surface area contributed by atoms with Gasteiger partial charge in [-0.1, -0.05) is 54.1 Å². The first-order chi connectivity index (χ1) is 9.66. The summed E-state index contributed by atoms with van der Waals surface area (Å²) in [5.74, 6) is 0. The van der Waals surface area contributed by atoms with Crippen LogP contribution in [-0.2, 0) is 6.54 Å². The molecular formula is C16H16ClN3. The van der Waals surface area contributed by atoms with Gasteiger partial charge in [0, 0.05) is 0 Å². The third-order valence-electron chi connectivity index (χ3n) is 3.64. The fourth-order valence-electron chi connectivity index (χ4n) is 2.47. The Bertz CT molecular complexity index is 743. The highest BCUT2D eigenvalue weighted by atomic mass is 35.5. The van der Waals surface area contributed by atoms with Crippen LogP contribution in [0, 0.1) is 6.92 Å². The van der Waals surface area contributed by atoms with E-state index in [0.717, 1.165) is 11.3 Å². The van der Waals surface area contributed by atoms with E-state index in [2.05, 4.69) is 29.4 Å². The summed E-state index contributed by atoms with van der Waals surface area (Å²) >= 11 is 6.03. The first-order valence-corrected chi connectivity index (χ1v) is 6.96. The smallest absolute Gasteiger partial charge is 0.0814 e. The van der Waals surface area contributed by atoms with E-state index in [-0.39, 0.29) is 6.04 Å². The topological polar surface area (TPSA) is 43.8 Å². The number of nitrogens with two attached hydrogens (primary N) is 1. The molecule has 2 N–H and O–H groups in total. The molecule has 0 amide bonds. The second-order valence-electron chi connectivity index (χ2n) is 4.93. The standard InChI is InChI=1S/C16H16ClN3/c1-11-15(17)9-19-20(11)10-16(18)14-8-4-6-12-5-2-3-7-13(12)14/h2-9,16H,10,18H2,1H3. The minimum Gasteiger partial charge on any atom is -0.322 e. The fraction of sp³-hybridized carbons (Fsp3) is 0.188. The van der Waals surface area contributed by atoms with E-state index >= 15 is 0 Å². The van der Waals surface area contributed by atoms with Crippen molar-refractivity contribution in [3.63, 3.8) is 0 Å². The maximum absolute atomic E-state index is 6.37. The number of fused-ring (bicyclic) bond motifs is 1. The van der Waals surface area contributed by atoms with E-state index in [4.69, 9.17) is 17.3 Å². The number of benzene rings is 2. The Balaban J connectivity index is 1.97. The first kappa shape index (κ1) is 13.2. The Labute approximate surface area is 123 Å². The van der Waals surface area contributed by atoms with Crippen LogP contribution in [0.4, 0.5) is 0 Å². The Morgan fingerprint density at radius 2 is 1.95 bits per heavy atom. The van der Waals surface area contributed by atoms with Crippen LogP contribution in [0.1, 0.15) is 17.3 Å². The Hall–Kier alpha value is -1.84. The van der Waals surface area contributed by atoms with E-state index in [1.165, 1.54) is 10.8 Å². The fourth-order valence-corrected chi connectivity index (χ4v) is 2.61. The third kappa shape index (κ3) is 2.30. The molecule has 0 aliphatic carbocycles. The third-order valence-corrected chi connectivity index (χ3v) is 4.01. The Morgan fingerprint density at radius 1 is 1.20 bits per heavy atom. The molecular weight excluding hydrogens is 270 g/mol. The zero-order valence-corrected chi connectivity index (χ0v) is 12.0. The van der Waals surface area contributed by atoms with Gasteiger partial charge in [-0.15, -0.1) is 0 Å². The van der Waals surface area contributed by atoms with Gasteiger partial charge in [-0.3, -0.25) is 4.68 Å². The molecule has 0 fully saturated rings. The molecule has 0 saturated carbocycles. The van der Waals surface area contributed by atoms with Crippen molar-refractivity contribution in [1.82, 2.24) is 9.78 Å². The molecule has 1 unspecified atom stereocenters.